The number of hydrogen-bond donors (Lipinski definition) is 2. The summed E-state index contributed by atoms with van der Waals surface area (Å²) in [5.74, 6) is 0.714. The molecule has 0 unspecified atom stereocenters. The van der Waals surface area contributed by atoms with Gasteiger partial charge in [-0.3, -0.25) is 14.9 Å². The lowest BCUT2D eigenvalue weighted by Gasteiger charge is -2.05. The van der Waals surface area contributed by atoms with E-state index >= 15 is 0 Å². The molecule has 0 aliphatic rings. The van der Waals surface area contributed by atoms with Gasteiger partial charge in [-0.25, -0.2) is 0 Å². The van der Waals surface area contributed by atoms with Crippen LogP contribution in [0.5, 0.6) is 5.75 Å². The van der Waals surface area contributed by atoms with Crippen LogP contribution in [0.3, 0.4) is 0 Å². The number of rotatable bonds is 8. The summed E-state index contributed by atoms with van der Waals surface area (Å²) in [5, 5.41) is 17.5. The van der Waals surface area contributed by atoms with E-state index in [-0.39, 0.29) is 17.4 Å². The molecule has 2 aromatic heterocycles. The smallest absolute Gasteiger partial charge is 0.279 e. The Kier molecular flexibility index (Phi) is 6.78. The molecule has 0 radical (unpaired) electrons. The molecule has 0 fully saturated rings. The predicted octanol–water partition coefficient (Wildman–Crippen LogP) is 4.18. The first-order valence-electron chi connectivity index (χ1n) is 9.34. The number of nitrogens with one attached hydrogen (secondary N) is 2. The van der Waals surface area contributed by atoms with Crippen LogP contribution in [0, 0.1) is 0 Å². The number of thioether (sulfide) groups is 1. The van der Waals surface area contributed by atoms with Gasteiger partial charge in [0.05, 0.1) is 12.9 Å². The van der Waals surface area contributed by atoms with Gasteiger partial charge in [0.25, 0.3) is 5.91 Å². The highest BCUT2D eigenvalue weighted by Gasteiger charge is 2.16. The molecule has 0 saturated carbocycles. The highest BCUT2D eigenvalue weighted by atomic mass is 32.2. The highest BCUT2D eigenvalue weighted by molar-refractivity contribution is 8.01. The maximum absolute atomic E-state index is 12.4. The number of carbonyl (C=O) groups excluding carboxylic acids is 2. The van der Waals surface area contributed by atoms with Crippen LogP contribution < -0.4 is 15.4 Å². The average Bonchev–Trinajstić information content (AvgIpc) is 3.49. The predicted molar refractivity (Wildman–Crippen MR) is 122 cm³/mol. The van der Waals surface area contributed by atoms with Crippen molar-refractivity contribution in [3.05, 3.63) is 66.4 Å². The number of nitrogens with zero attached hydrogens (tertiary/aromatic N) is 3. The molecule has 0 bridgehead atoms. The number of benzene rings is 2. The minimum atomic E-state index is -0.458. The van der Waals surface area contributed by atoms with E-state index in [0.717, 1.165) is 5.56 Å². The molecule has 162 valence electrons. The van der Waals surface area contributed by atoms with Gasteiger partial charge in [-0.15, -0.1) is 10.2 Å². The van der Waals surface area contributed by atoms with Gasteiger partial charge in [-0.05, 0) is 24.3 Å². The maximum Gasteiger partial charge on any atom is 0.279 e. The minimum Gasteiger partial charge on any atom is -0.497 e. The first kappa shape index (κ1) is 21.5. The van der Waals surface area contributed by atoms with Gasteiger partial charge < -0.3 is 14.6 Å². The fraction of sp³-hybridized carbons (Fsp3) is 0.0952. The van der Waals surface area contributed by atoms with Crippen LogP contribution in [0.15, 0.2) is 69.5 Å². The number of methoxy groups -OCH3 is 1. The lowest BCUT2D eigenvalue weighted by atomic mass is 10.1. The zero-order valence-electron chi connectivity index (χ0n) is 16.8. The quantitative estimate of drug-likeness (QED) is 0.292. The Balaban J connectivity index is 1.28. The second-order valence-corrected chi connectivity index (χ2v) is 8.54. The van der Waals surface area contributed by atoms with Crippen molar-refractivity contribution in [1.29, 1.82) is 0 Å². The molecule has 32 heavy (non-hydrogen) atoms. The topological polar surface area (TPSA) is 119 Å². The third-order valence-corrected chi connectivity index (χ3v) is 6.10. The molecule has 4 aromatic rings. The highest BCUT2D eigenvalue weighted by Crippen LogP contribution is 2.26. The average molecular weight is 468 g/mol. The van der Waals surface area contributed by atoms with Gasteiger partial charge in [0.2, 0.25) is 11.0 Å². The van der Waals surface area contributed by atoms with Crippen LogP contribution in [-0.4, -0.2) is 40.0 Å². The number of carbonyl (C=O) groups is 2. The zero-order chi connectivity index (χ0) is 22.3. The molecule has 2 N–H and O–H groups in total. The minimum absolute atomic E-state index is 0.132. The van der Waals surface area contributed by atoms with Crippen LogP contribution in [0.1, 0.15) is 10.5 Å². The molecule has 0 atom stereocenters. The number of hydrogen-bond acceptors (Lipinski definition) is 9. The summed E-state index contributed by atoms with van der Waals surface area (Å²) in [6.45, 7) is 0. The number of anilines is 2. The van der Waals surface area contributed by atoms with Crippen LogP contribution >= 0.6 is 23.1 Å². The number of aromatic nitrogens is 3. The molecule has 4 rings (SSSR count). The van der Waals surface area contributed by atoms with Crippen LogP contribution in [0.25, 0.3) is 11.3 Å². The first-order chi connectivity index (χ1) is 15.6. The summed E-state index contributed by atoms with van der Waals surface area (Å²) in [6, 6.07) is 18.0. The van der Waals surface area contributed by atoms with E-state index in [2.05, 4.69) is 26.0 Å². The van der Waals surface area contributed by atoms with Crippen LogP contribution in [0.4, 0.5) is 10.8 Å². The van der Waals surface area contributed by atoms with Crippen molar-refractivity contribution in [2.45, 2.75) is 4.34 Å². The Hall–Kier alpha value is -3.70. The molecule has 0 aliphatic heterocycles. The van der Waals surface area contributed by atoms with Gasteiger partial charge in [0, 0.05) is 17.3 Å². The van der Waals surface area contributed by atoms with Crippen molar-refractivity contribution in [1.82, 2.24) is 15.4 Å². The molecular formula is C21H17N5O4S2. The van der Waals surface area contributed by atoms with Crippen molar-refractivity contribution < 1.29 is 18.8 Å². The molecule has 2 amide bonds. The van der Waals surface area contributed by atoms with Crippen LogP contribution in [-0.2, 0) is 4.79 Å². The Bertz CT molecular complexity index is 1210. The molecule has 9 nitrogen and oxygen atoms in total. The van der Waals surface area contributed by atoms with Gasteiger partial charge in [-0.1, -0.05) is 58.6 Å². The van der Waals surface area contributed by atoms with Crippen molar-refractivity contribution in [2.24, 2.45) is 0 Å². The molecule has 11 heteroatoms. The van der Waals surface area contributed by atoms with E-state index in [1.165, 1.54) is 23.1 Å². The molecule has 2 heterocycles. The third kappa shape index (κ3) is 5.50. The lowest BCUT2D eigenvalue weighted by Crippen LogP contribution is -2.13. The monoisotopic (exact) mass is 467 g/mol. The first-order valence-corrected chi connectivity index (χ1v) is 11.1. The Morgan fingerprint density at radius 3 is 2.59 bits per heavy atom. The Morgan fingerprint density at radius 2 is 1.84 bits per heavy atom. The third-order valence-electron chi connectivity index (χ3n) is 4.13. The fourth-order valence-electron chi connectivity index (χ4n) is 2.60. The summed E-state index contributed by atoms with van der Waals surface area (Å²) in [5.41, 5.74) is 1.62. The van der Waals surface area contributed by atoms with E-state index in [9.17, 15) is 9.59 Å². The summed E-state index contributed by atoms with van der Waals surface area (Å²) < 4.78 is 10.9. The molecule has 0 saturated heterocycles. The molecule has 0 spiro atoms. The van der Waals surface area contributed by atoms with Gasteiger partial charge in [0.15, 0.2) is 15.8 Å². The molecule has 2 aromatic carbocycles. The van der Waals surface area contributed by atoms with E-state index in [4.69, 9.17) is 9.26 Å². The van der Waals surface area contributed by atoms with Crippen molar-refractivity contribution >= 4 is 45.7 Å². The van der Waals surface area contributed by atoms with Crippen molar-refractivity contribution in [3.63, 3.8) is 0 Å². The van der Waals surface area contributed by atoms with Crippen molar-refractivity contribution in [2.75, 3.05) is 23.5 Å². The van der Waals surface area contributed by atoms with E-state index in [1.54, 1.807) is 37.4 Å². The number of amides is 2. The Labute approximate surface area is 191 Å². The van der Waals surface area contributed by atoms with E-state index < -0.39 is 5.91 Å². The fourth-order valence-corrected chi connectivity index (χ4v) is 4.15. The zero-order valence-corrected chi connectivity index (χ0v) is 18.4. The molecular weight excluding hydrogens is 450 g/mol. The maximum atomic E-state index is 12.4. The largest absolute Gasteiger partial charge is 0.497 e. The standard InChI is InChI=1S/C21H17N5O4S2/c1-29-15-9-7-14(8-10-15)22-18(27)12-31-21-25-24-20(32-21)23-19(28)16-11-17(30-26-16)13-5-3-2-4-6-13/h2-11H,12H2,1H3,(H,22,27)(H,23,24,28). The number of ether oxygens (including phenoxy) is 1. The summed E-state index contributed by atoms with van der Waals surface area (Å²) in [7, 11) is 1.58. The van der Waals surface area contributed by atoms with Gasteiger partial charge >= 0.3 is 0 Å². The van der Waals surface area contributed by atoms with Gasteiger partial charge in [-0.2, -0.15) is 0 Å². The summed E-state index contributed by atoms with van der Waals surface area (Å²) >= 11 is 2.39. The lowest BCUT2D eigenvalue weighted by molar-refractivity contribution is -0.113. The van der Waals surface area contributed by atoms with E-state index in [1.807, 2.05) is 30.3 Å². The summed E-state index contributed by atoms with van der Waals surface area (Å²) in [4.78, 5) is 24.5. The normalized spacial score (nSPS) is 10.5. The SMILES string of the molecule is COc1ccc(NC(=O)CSc2nnc(NC(=O)c3cc(-c4ccccc4)on3)s2)cc1. The second kappa shape index (κ2) is 10.1. The van der Waals surface area contributed by atoms with E-state index in [0.29, 0.717) is 26.7 Å². The second-order valence-electron chi connectivity index (χ2n) is 6.34. The van der Waals surface area contributed by atoms with Gasteiger partial charge in [0.1, 0.15) is 5.75 Å². The summed E-state index contributed by atoms with van der Waals surface area (Å²) in [6.07, 6.45) is 0. The van der Waals surface area contributed by atoms with Crippen LogP contribution in [0.2, 0.25) is 0 Å². The molecule has 0 aliphatic carbocycles. The van der Waals surface area contributed by atoms with Crippen molar-refractivity contribution in [3.8, 4) is 17.1 Å². The Morgan fingerprint density at radius 1 is 1.06 bits per heavy atom.